The first-order valence-electron chi connectivity index (χ1n) is 8.79. The van der Waals surface area contributed by atoms with Crippen molar-refractivity contribution < 1.29 is 26.2 Å². The van der Waals surface area contributed by atoms with Gasteiger partial charge in [0.05, 0.1) is 4.11 Å². The van der Waals surface area contributed by atoms with Crippen molar-refractivity contribution in [1.29, 1.82) is 0 Å². The molecule has 25 heavy (non-hydrogen) atoms. The molecular weight excluding hydrogens is 342 g/mol. The van der Waals surface area contributed by atoms with E-state index in [-0.39, 0.29) is 11.1 Å². The fourth-order valence-electron chi connectivity index (χ4n) is 2.17. The Morgan fingerprint density at radius 3 is 2.48 bits per heavy atom. The van der Waals surface area contributed by atoms with Crippen LogP contribution in [0.25, 0.3) is 0 Å². The minimum atomic E-state index is -4.99. The highest BCUT2D eigenvalue weighted by Gasteiger charge is 2.39. The Kier molecular flexibility index (Phi) is 3.56. The lowest BCUT2D eigenvalue weighted by molar-refractivity contribution is -0.123. The van der Waals surface area contributed by atoms with Crippen LogP contribution in [-0.2, 0) is 29.5 Å². The third-order valence-electron chi connectivity index (χ3n) is 3.37. The van der Waals surface area contributed by atoms with Crippen LogP contribution in [0, 0.1) is 6.92 Å². The molecule has 0 amide bonds. The van der Waals surface area contributed by atoms with Crippen molar-refractivity contribution in [2.45, 2.75) is 18.7 Å². The molecule has 2 aromatic rings. The van der Waals surface area contributed by atoms with Crippen LogP contribution in [0.3, 0.4) is 0 Å². The van der Waals surface area contributed by atoms with E-state index in [1.165, 1.54) is 36.4 Å². The first-order chi connectivity index (χ1) is 13.0. The maximum Gasteiger partial charge on any atom is 0.313 e. The van der Waals surface area contributed by atoms with E-state index >= 15 is 0 Å². The summed E-state index contributed by atoms with van der Waals surface area (Å²) in [6.45, 7) is 1.82. The molecule has 0 radical (unpaired) electrons. The Balaban J connectivity index is 1.93. The molecule has 1 aliphatic rings. The van der Waals surface area contributed by atoms with Gasteiger partial charge in [-0.25, -0.2) is 0 Å². The number of carbonyl (C=O) groups excluding carboxylic acids is 1. The van der Waals surface area contributed by atoms with Gasteiger partial charge in [-0.1, -0.05) is 60.2 Å². The van der Waals surface area contributed by atoms with E-state index < -0.39 is 39.3 Å². The van der Waals surface area contributed by atoms with Crippen LogP contribution in [-0.4, -0.2) is 14.2 Å². The zero-order valence-corrected chi connectivity index (χ0v) is 14.0. The van der Waals surface area contributed by atoms with Crippen molar-refractivity contribution in [1.82, 2.24) is 0 Å². The highest BCUT2D eigenvalue weighted by atomic mass is 32.2. The number of Topliss-reactive ketones (excluding diaryl/α,β-unsaturated/α-hetero) is 1. The molecule has 1 aliphatic heterocycles. The zero-order chi connectivity index (χ0) is 20.7. The number of benzene rings is 2. The van der Waals surface area contributed by atoms with E-state index in [0.717, 1.165) is 5.56 Å². The van der Waals surface area contributed by atoms with Gasteiger partial charge in [0.25, 0.3) is 0 Å². The van der Waals surface area contributed by atoms with Gasteiger partial charge in [0.2, 0.25) is 17.4 Å². The highest BCUT2D eigenvalue weighted by molar-refractivity contribution is 7.86. The monoisotopic (exact) mass is 362 g/mol. The fourth-order valence-corrected chi connectivity index (χ4v) is 3.02. The summed E-state index contributed by atoms with van der Waals surface area (Å²) in [6, 6.07) is 13.3. The van der Waals surface area contributed by atoms with Gasteiger partial charge in [-0.15, -0.1) is 0 Å². The van der Waals surface area contributed by atoms with E-state index in [1.54, 1.807) is 18.2 Å². The smallest absolute Gasteiger partial charge is 0.313 e. The van der Waals surface area contributed by atoms with Crippen molar-refractivity contribution in [3.8, 4) is 0 Å². The van der Waals surface area contributed by atoms with E-state index in [4.69, 9.17) is 18.8 Å². The summed E-state index contributed by atoms with van der Waals surface area (Å²) in [7, 11) is -4.99. The molecule has 1 heterocycles. The SMILES string of the molecule is [2H]C([2H])(c1ccccc1)S(=O)(=O)OC1=C(N)O[C@@]([2H])(c2ccc(C)cc2)C1=O. The van der Waals surface area contributed by atoms with E-state index in [9.17, 15) is 13.2 Å². The maximum absolute atomic E-state index is 12.7. The van der Waals surface area contributed by atoms with Crippen LogP contribution in [0.2, 0.25) is 0 Å². The molecule has 2 N–H and O–H groups in total. The summed E-state index contributed by atoms with van der Waals surface area (Å²) >= 11 is 0. The zero-order valence-electron chi connectivity index (χ0n) is 16.2. The summed E-state index contributed by atoms with van der Waals surface area (Å²) < 4.78 is 59.2. The van der Waals surface area contributed by atoms with Gasteiger partial charge in [-0.3, -0.25) is 4.79 Å². The first kappa shape index (κ1) is 13.5. The largest absolute Gasteiger partial charge is 0.460 e. The minimum Gasteiger partial charge on any atom is -0.460 e. The normalized spacial score (nSPS) is 22.8. The average Bonchev–Trinajstić information content (AvgIpc) is 2.86. The first-order valence-corrected chi connectivity index (χ1v) is 8.70. The third kappa shape index (κ3) is 3.83. The number of ether oxygens (including phenoxy) is 1. The molecule has 0 bridgehead atoms. The van der Waals surface area contributed by atoms with Crippen LogP contribution in [0.5, 0.6) is 0 Å². The summed E-state index contributed by atoms with van der Waals surface area (Å²) in [5.41, 5.74) is 3.48. The van der Waals surface area contributed by atoms with Gasteiger partial charge in [-0.2, -0.15) is 8.42 Å². The molecule has 0 spiro atoms. The number of hydrogen-bond donors (Lipinski definition) is 1. The van der Waals surface area contributed by atoms with Crippen LogP contribution >= 0.6 is 0 Å². The Morgan fingerprint density at radius 2 is 1.84 bits per heavy atom. The van der Waals surface area contributed by atoms with Crippen LogP contribution in [0.15, 0.2) is 66.2 Å². The number of ketones is 1. The lowest BCUT2D eigenvalue weighted by Crippen LogP contribution is -2.16. The Morgan fingerprint density at radius 1 is 1.20 bits per heavy atom. The Hall–Kier alpha value is -2.80. The van der Waals surface area contributed by atoms with Crippen LogP contribution < -0.4 is 5.73 Å². The fraction of sp³-hybridized carbons (Fsp3) is 0.167. The number of aryl methyl sites for hydroxylation is 1. The topological polar surface area (TPSA) is 95.7 Å². The van der Waals surface area contributed by atoms with Crippen molar-refractivity contribution in [3.05, 3.63) is 82.9 Å². The van der Waals surface area contributed by atoms with E-state index in [2.05, 4.69) is 0 Å². The van der Waals surface area contributed by atoms with Crippen molar-refractivity contribution in [2.75, 3.05) is 0 Å². The summed E-state index contributed by atoms with van der Waals surface area (Å²) in [5.74, 6) is -2.76. The summed E-state index contributed by atoms with van der Waals surface area (Å²) in [6.07, 6.45) is -2.32. The molecule has 3 rings (SSSR count). The predicted octanol–water partition coefficient (Wildman–Crippen LogP) is 2.31. The standard InChI is InChI=1S/C18H17NO5S/c1-12-7-9-14(10-8-12)16-15(20)17(18(19)23-16)24-25(21,22)11-13-5-3-2-4-6-13/h2-10,16H,11,19H2,1H3/t16-/m0/s1/i11D2,16D. The number of nitrogens with two attached hydrogens (primary N) is 1. The second-order valence-corrected chi connectivity index (χ2v) is 6.60. The van der Waals surface area contributed by atoms with Crippen LogP contribution in [0.1, 0.15) is 26.9 Å². The van der Waals surface area contributed by atoms with Gasteiger partial charge >= 0.3 is 10.1 Å². The van der Waals surface area contributed by atoms with Gasteiger partial charge in [-0.05, 0) is 12.5 Å². The Bertz CT molecular complexity index is 1050. The van der Waals surface area contributed by atoms with Gasteiger partial charge in [0.15, 0.2) is 6.08 Å². The van der Waals surface area contributed by atoms with Gasteiger partial charge < -0.3 is 14.7 Å². The lowest BCUT2D eigenvalue weighted by Gasteiger charge is -2.10. The molecule has 2 aromatic carbocycles. The van der Waals surface area contributed by atoms with Crippen LogP contribution in [0.4, 0.5) is 0 Å². The molecule has 0 aliphatic carbocycles. The molecule has 1 atom stereocenters. The number of carbonyl (C=O) groups is 1. The molecule has 130 valence electrons. The summed E-state index contributed by atoms with van der Waals surface area (Å²) in [4.78, 5) is 12.7. The van der Waals surface area contributed by atoms with Gasteiger partial charge in [0, 0.05) is 5.56 Å². The Labute approximate surface area is 150 Å². The lowest BCUT2D eigenvalue weighted by atomic mass is 10.0. The highest BCUT2D eigenvalue weighted by Crippen LogP contribution is 2.32. The van der Waals surface area contributed by atoms with Crippen molar-refractivity contribution in [3.63, 3.8) is 0 Å². The molecule has 0 aromatic heterocycles. The quantitative estimate of drug-likeness (QED) is 0.820. The number of hydrogen-bond acceptors (Lipinski definition) is 6. The predicted molar refractivity (Wildman–Crippen MR) is 91.4 cm³/mol. The second-order valence-electron chi connectivity index (χ2n) is 5.33. The molecule has 0 unspecified atom stereocenters. The molecule has 0 saturated carbocycles. The molecular formula is C18H17NO5S. The maximum atomic E-state index is 12.7. The van der Waals surface area contributed by atoms with E-state index in [1.807, 2.05) is 6.92 Å². The van der Waals surface area contributed by atoms with Crippen molar-refractivity contribution >= 4 is 15.9 Å². The molecule has 0 fully saturated rings. The molecule has 0 saturated heterocycles. The second kappa shape index (κ2) is 6.60. The summed E-state index contributed by atoms with van der Waals surface area (Å²) in [5, 5.41) is 0. The molecule has 7 heteroatoms. The minimum absolute atomic E-state index is 0.133. The third-order valence-corrected chi connectivity index (χ3v) is 4.24. The van der Waals surface area contributed by atoms with Crippen molar-refractivity contribution in [2.24, 2.45) is 5.73 Å². The average molecular weight is 362 g/mol. The molecule has 6 nitrogen and oxygen atoms in total. The van der Waals surface area contributed by atoms with E-state index in [0.29, 0.717) is 0 Å². The van der Waals surface area contributed by atoms with Gasteiger partial charge in [0.1, 0.15) is 5.70 Å². The number of rotatable bonds is 5.